The summed E-state index contributed by atoms with van der Waals surface area (Å²) in [7, 11) is 4.01. The van der Waals surface area contributed by atoms with E-state index in [1.165, 1.54) is 57.7 Å². The molecule has 0 heterocycles. The molecule has 0 saturated carbocycles. The minimum absolute atomic E-state index is 0.0566. The molecule has 9 heteroatoms. The molecule has 0 aromatic heterocycles. The van der Waals surface area contributed by atoms with Gasteiger partial charge < -0.3 is 24.3 Å². The number of rotatable bonds is 7. The molecule has 27 heavy (non-hydrogen) atoms. The second-order valence-corrected chi connectivity index (χ2v) is 5.10. The molecule has 1 amide bonds. The number of hydrogen-bond donors (Lipinski definition) is 1. The lowest BCUT2D eigenvalue weighted by Crippen LogP contribution is -2.16. The Kier molecular flexibility index (Phi) is 6.53. The number of hydrogen-bond acceptors (Lipinski definition) is 6. The van der Waals surface area contributed by atoms with Crippen molar-refractivity contribution in [1.29, 1.82) is 0 Å². The van der Waals surface area contributed by atoms with Crippen LogP contribution < -0.4 is 19.5 Å². The second kappa shape index (κ2) is 8.84. The van der Waals surface area contributed by atoms with Gasteiger partial charge in [-0.05, 0) is 24.3 Å². The number of nitrogens with one attached hydrogen (secondary N) is 1. The van der Waals surface area contributed by atoms with Gasteiger partial charge in [0, 0.05) is 17.7 Å². The lowest BCUT2D eigenvalue weighted by atomic mass is 10.1. The zero-order valence-electron chi connectivity index (χ0n) is 14.7. The summed E-state index contributed by atoms with van der Waals surface area (Å²) in [6.07, 6.45) is 0. The van der Waals surface area contributed by atoms with E-state index >= 15 is 0 Å². The highest BCUT2D eigenvalue weighted by atomic mass is 19.3. The van der Waals surface area contributed by atoms with E-state index in [0.717, 1.165) is 0 Å². The number of anilines is 1. The Labute approximate surface area is 153 Å². The molecular weight excluding hydrogens is 364 g/mol. The van der Waals surface area contributed by atoms with Crippen LogP contribution in [0.2, 0.25) is 0 Å². The van der Waals surface area contributed by atoms with Crippen molar-refractivity contribution in [3.63, 3.8) is 0 Å². The van der Waals surface area contributed by atoms with Crippen LogP contribution in [0.4, 0.5) is 14.5 Å². The quantitative estimate of drug-likeness (QED) is 0.741. The van der Waals surface area contributed by atoms with Crippen LogP contribution in [-0.4, -0.2) is 39.8 Å². The summed E-state index contributed by atoms with van der Waals surface area (Å²) in [5.74, 6) is -0.767. The Morgan fingerprint density at radius 3 is 2.07 bits per heavy atom. The van der Waals surface area contributed by atoms with Gasteiger partial charge in [0.05, 0.1) is 32.6 Å². The third-order valence-electron chi connectivity index (χ3n) is 3.52. The average Bonchev–Trinajstić information content (AvgIpc) is 2.66. The molecule has 0 aliphatic carbocycles. The zero-order chi connectivity index (χ0) is 20.0. The van der Waals surface area contributed by atoms with E-state index in [9.17, 15) is 18.4 Å². The molecule has 0 aliphatic rings. The van der Waals surface area contributed by atoms with Crippen LogP contribution in [0, 0.1) is 0 Å². The molecule has 0 atom stereocenters. The van der Waals surface area contributed by atoms with Crippen molar-refractivity contribution in [2.24, 2.45) is 0 Å². The van der Waals surface area contributed by atoms with E-state index in [-0.39, 0.29) is 28.3 Å². The Morgan fingerprint density at radius 1 is 0.963 bits per heavy atom. The Morgan fingerprint density at radius 2 is 1.56 bits per heavy atom. The van der Waals surface area contributed by atoms with Gasteiger partial charge in [-0.1, -0.05) is 0 Å². The number of methoxy groups -OCH3 is 3. The molecule has 0 radical (unpaired) electrons. The lowest BCUT2D eigenvalue weighted by molar-refractivity contribution is -0.0498. The summed E-state index contributed by atoms with van der Waals surface area (Å²) in [5.41, 5.74) is 0.362. The first-order chi connectivity index (χ1) is 12.9. The molecule has 0 unspecified atom stereocenters. The molecule has 0 aliphatic heterocycles. The van der Waals surface area contributed by atoms with Gasteiger partial charge in [0.1, 0.15) is 5.75 Å². The van der Waals surface area contributed by atoms with Crippen LogP contribution in [0.15, 0.2) is 36.4 Å². The Balaban J connectivity index is 2.31. The number of esters is 1. The highest BCUT2D eigenvalue weighted by Gasteiger charge is 2.19. The molecule has 7 nitrogen and oxygen atoms in total. The van der Waals surface area contributed by atoms with Gasteiger partial charge >= 0.3 is 12.6 Å². The molecule has 0 saturated heterocycles. The lowest BCUT2D eigenvalue weighted by Gasteiger charge is -2.14. The number of benzene rings is 2. The number of carbonyl (C=O) groups excluding carboxylic acids is 2. The Bertz CT molecular complexity index is 823. The predicted octanol–water partition coefficient (Wildman–Crippen LogP) is 3.34. The molecule has 0 spiro atoms. The van der Waals surface area contributed by atoms with Crippen LogP contribution in [0.25, 0.3) is 0 Å². The summed E-state index contributed by atoms with van der Waals surface area (Å²) >= 11 is 0. The molecule has 2 aromatic carbocycles. The topological polar surface area (TPSA) is 83.1 Å². The van der Waals surface area contributed by atoms with E-state index in [4.69, 9.17) is 14.2 Å². The standard InChI is InChI=1S/C18H17F2NO6/c1-24-14-8-12(17(23)26-3)13(9-15(14)25-2)21-16(22)10-4-6-11(7-5-10)27-18(19)20/h4-9,18H,1-3H3,(H,21,22). The summed E-state index contributed by atoms with van der Waals surface area (Å²) in [4.78, 5) is 24.5. The third-order valence-corrected chi connectivity index (χ3v) is 3.52. The molecular formula is C18H17F2NO6. The van der Waals surface area contributed by atoms with E-state index in [1.807, 2.05) is 0 Å². The van der Waals surface area contributed by atoms with Crippen LogP contribution >= 0.6 is 0 Å². The van der Waals surface area contributed by atoms with Crippen molar-refractivity contribution < 1.29 is 37.3 Å². The van der Waals surface area contributed by atoms with Crippen molar-refractivity contribution in [3.8, 4) is 17.2 Å². The molecule has 144 valence electrons. The summed E-state index contributed by atoms with van der Waals surface area (Å²) in [6, 6.07) is 7.88. The van der Waals surface area contributed by atoms with Gasteiger partial charge in [-0.25, -0.2) is 4.79 Å². The van der Waals surface area contributed by atoms with E-state index in [2.05, 4.69) is 10.1 Å². The Hall–Kier alpha value is -3.36. The maximum Gasteiger partial charge on any atom is 0.387 e. The van der Waals surface area contributed by atoms with E-state index < -0.39 is 18.5 Å². The van der Waals surface area contributed by atoms with Gasteiger partial charge in [-0.15, -0.1) is 0 Å². The SMILES string of the molecule is COC(=O)c1cc(OC)c(OC)cc1NC(=O)c1ccc(OC(F)F)cc1. The largest absolute Gasteiger partial charge is 0.493 e. The summed E-state index contributed by atoms with van der Waals surface area (Å²) < 4.78 is 43.6. The number of alkyl halides is 2. The molecule has 2 rings (SSSR count). The van der Waals surface area contributed by atoms with Crippen LogP contribution in [-0.2, 0) is 4.74 Å². The van der Waals surface area contributed by atoms with Crippen molar-refractivity contribution >= 4 is 17.6 Å². The number of halogens is 2. The first-order valence-electron chi connectivity index (χ1n) is 7.60. The highest BCUT2D eigenvalue weighted by molar-refractivity contribution is 6.08. The van der Waals surface area contributed by atoms with Crippen molar-refractivity contribution in [3.05, 3.63) is 47.5 Å². The zero-order valence-corrected chi connectivity index (χ0v) is 14.7. The molecule has 2 aromatic rings. The average molecular weight is 381 g/mol. The fraction of sp³-hybridized carbons (Fsp3) is 0.222. The summed E-state index contributed by atoms with van der Waals surface area (Å²) in [5, 5.41) is 2.56. The number of ether oxygens (including phenoxy) is 4. The van der Waals surface area contributed by atoms with Gasteiger partial charge in [-0.3, -0.25) is 4.79 Å². The monoisotopic (exact) mass is 381 g/mol. The number of amides is 1. The number of carbonyl (C=O) groups is 2. The third kappa shape index (κ3) is 4.84. The van der Waals surface area contributed by atoms with Gasteiger partial charge in [-0.2, -0.15) is 8.78 Å². The second-order valence-electron chi connectivity index (χ2n) is 5.10. The van der Waals surface area contributed by atoms with Gasteiger partial charge in [0.15, 0.2) is 11.5 Å². The van der Waals surface area contributed by atoms with Crippen LogP contribution in [0.1, 0.15) is 20.7 Å². The molecule has 0 fully saturated rings. The maximum absolute atomic E-state index is 12.4. The first-order valence-corrected chi connectivity index (χ1v) is 7.60. The molecule has 1 N–H and O–H groups in total. The van der Waals surface area contributed by atoms with Crippen molar-refractivity contribution in [2.45, 2.75) is 6.61 Å². The van der Waals surface area contributed by atoms with E-state index in [1.54, 1.807) is 0 Å². The van der Waals surface area contributed by atoms with Crippen molar-refractivity contribution in [2.75, 3.05) is 26.6 Å². The predicted molar refractivity (Wildman–Crippen MR) is 91.9 cm³/mol. The first kappa shape index (κ1) is 20.0. The maximum atomic E-state index is 12.4. The smallest absolute Gasteiger partial charge is 0.387 e. The van der Waals surface area contributed by atoms with Gasteiger partial charge in [0.2, 0.25) is 0 Å². The van der Waals surface area contributed by atoms with E-state index in [0.29, 0.717) is 5.75 Å². The van der Waals surface area contributed by atoms with Crippen molar-refractivity contribution in [1.82, 2.24) is 0 Å². The van der Waals surface area contributed by atoms with Gasteiger partial charge in [0.25, 0.3) is 5.91 Å². The fourth-order valence-electron chi connectivity index (χ4n) is 2.24. The summed E-state index contributed by atoms with van der Waals surface area (Å²) in [6.45, 7) is -2.96. The fourth-order valence-corrected chi connectivity index (χ4v) is 2.24. The highest BCUT2D eigenvalue weighted by Crippen LogP contribution is 2.34. The van der Waals surface area contributed by atoms with Crippen LogP contribution in [0.5, 0.6) is 17.2 Å². The van der Waals surface area contributed by atoms with Crippen LogP contribution in [0.3, 0.4) is 0 Å². The molecule has 0 bridgehead atoms. The minimum atomic E-state index is -2.96. The minimum Gasteiger partial charge on any atom is -0.493 e. The normalized spacial score (nSPS) is 10.3.